The van der Waals surface area contributed by atoms with Gasteiger partial charge < -0.3 is 14.8 Å². The molecule has 1 fully saturated rings. The van der Waals surface area contributed by atoms with E-state index in [0.29, 0.717) is 22.9 Å². The Morgan fingerprint density at radius 3 is 3.00 bits per heavy atom. The highest BCUT2D eigenvalue weighted by Crippen LogP contribution is 2.30. The van der Waals surface area contributed by atoms with Crippen LogP contribution in [-0.4, -0.2) is 37.0 Å². The molecule has 2 aliphatic heterocycles. The molecule has 2 atom stereocenters. The van der Waals surface area contributed by atoms with E-state index in [-0.39, 0.29) is 24.2 Å². The molecule has 1 saturated heterocycles. The number of ketones is 1. The van der Waals surface area contributed by atoms with Gasteiger partial charge >= 0.3 is 0 Å². The Morgan fingerprint density at radius 2 is 2.24 bits per heavy atom. The van der Waals surface area contributed by atoms with Crippen LogP contribution in [0.3, 0.4) is 0 Å². The third-order valence-corrected chi connectivity index (χ3v) is 3.92. The van der Waals surface area contributed by atoms with Crippen molar-refractivity contribution in [1.82, 2.24) is 5.32 Å². The topological polar surface area (TPSA) is 64.6 Å². The van der Waals surface area contributed by atoms with Crippen molar-refractivity contribution in [1.29, 1.82) is 0 Å². The number of Topliss-reactive ketones (excluding diaryl/α,β-unsaturated/α-hetero) is 1. The number of carbonyl (C=O) groups is 2. The Hall–Kier alpha value is -1.59. The largest absolute Gasteiger partial charge is 0.479 e. The van der Waals surface area contributed by atoms with Crippen molar-refractivity contribution >= 4 is 23.3 Å². The minimum absolute atomic E-state index is 0.00318. The highest BCUT2D eigenvalue weighted by molar-refractivity contribution is 6.31. The predicted octanol–water partition coefficient (Wildman–Crippen LogP) is 1.97. The van der Waals surface area contributed by atoms with Crippen LogP contribution in [0, 0.1) is 0 Å². The number of carbonyl (C=O) groups excluding carboxylic acids is 2. The lowest BCUT2D eigenvalue weighted by Crippen LogP contribution is -2.48. The zero-order valence-corrected chi connectivity index (χ0v) is 12.2. The van der Waals surface area contributed by atoms with E-state index in [4.69, 9.17) is 21.1 Å². The summed E-state index contributed by atoms with van der Waals surface area (Å²) in [6, 6.07) is 4.83. The van der Waals surface area contributed by atoms with Gasteiger partial charge in [-0.3, -0.25) is 9.59 Å². The highest BCUT2D eigenvalue weighted by Gasteiger charge is 2.32. The van der Waals surface area contributed by atoms with Gasteiger partial charge in [0.25, 0.3) is 5.91 Å². The van der Waals surface area contributed by atoms with Gasteiger partial charge in [0.05, 0.1) is 24.6 Å². The molecule has 1 aromatic carbocycles. The molecule has 0 aromatic heterocycles. The van der Waals surface area contributed by atoms with E-state index in [1.807, 2.05) is 0 Å². The maximum atomic E-state index is 12.2. The lowest BCUT2D eigenvalue weighted by atomic mass is 10.00. The molecule has 5 nitrogen and oxygen atoms in total. The number of hydrogen-bond donors (Lipinski definition) is 1. The van der Waals surface area contributed by atoms with E-state index >= 15 is 0 Å². The minimum Gasteiger partial charge on any atom is -0.479 e. The summed E-state index contributed by atoms with van der Waals surface area (Å²) >= 11 is 5.87. The summed E-state index contributed by atoms with van der Waals surface area (Å²) < 4.78 is 11.0. The summed E-state index contributed by atoms with van der Waals surface area (Å²) in [6.07, 6.45) is 1.07. The number of amides is 1. The summed E-state index contributed by atoms with van der Waals surface area (Å²) in [5.41, 5.74) is 0.438. The van der Waals surface area contributed by atoms with Gasteiger partial charge in [-0.2, -0.15) is 0 Å². The molecule has 1 amide bonds. The van der Waals surface area contributed by atoms with Crippen LogP contribution in [-0.2, 0) is 9.53 Å². The van der Waals surface area contributed by atoms with Crippen LogP contribution >= 0.6 is 11.6 Å². The van der Waals surface area contributed by atoms with E-state index in [9.17, 15) is 9.59 Å². The van der Waals surface area contributed by atoms with Crippen LogP contribution < -0.4 is 10.1 Å². The molecule has 2 heterocycles. The van der Waals surface area contributed by atoms with Crippen molar-refractivity contribution in [2.24, 2.45) is 0 Å². The van der Waals surface area contributed by atoms with Gasteiger partial charge in [-0.05, 0) is 31.0 Å². The van der Waals surface area contributed by atoms with E-state index in [1.165, 1.54) is 0 Å². The molecule has 3 rings (SSSR count). The van der Waals surface area contributed by atoms with Crippen molar-refractivity contribution in [2.75, 3.05) is 13.2 Å². The summed E-state index contributed by atoms with van der Waals surface area (Å²) in [6.45, 7) is 1.25. The molecule has 1 N–H and O–H groups in total. The Balaban J connectivity index is 1.68. The maximum Gasteiger partial charge on any atom is 0.261 e. The van der Waals surface area contributed by atoms with Gasteiger partial charge in [-0.1, -0.05) is 11.6 Å². The Morgan fingerprint density at radius 1 is 1.38 bits per heavy atom. The number of hydrogen-bond acceptors (Lipinski definition) is 4. The quantitative estimate of drug-likeness (QED) is 0.907. The lowest BCUT2D eigenvalue weighted by molar-refractivity contribution is -0.129. The second-order valence-electron chi connectivity index (χ2n) is 5.30. The fraction of sp³-hybridized carbons (Fsp3) is 0.467. The second kappa shape index (κ2) is 6.03. The maximum absolute atomic E-state index is 12.2. The molecule has 0 spiro atoms. The van der Waals surface area contributed by atoms with E-state index in [0.717, 1.165) is 19.4 Å². The zero-order chi connectivity index (χ0) is 14.8. The third kappa shape index (κ3) is 3.19. The molecule has 0 saturated carbocycles. The Bertz CT molecular complexity index is 569. The smallest absolute Gasteiger partial charge is 0.261 e. The van der Waals surface area contributed by atoms with Crippen molar-refractivity contribution in [3.05, 3.63) is 28.8 Å². The van der Waals surface area contributed by atoms with Crippen molar-refractivity contribution in [2.45, 2.75) is 31.4 Å². The molecule has 1 unspecified atom stereocenters. The summed E-state index contributed by atoms with van der Waals surface area (Å²) in [5.74, 6) is 0.0222. The van der Waals surface area contributed by atoms with Crippen LogP contribution in [0.2, 0.25) is 5.02 Å². The Kier molecular flexibility index (Phi) is 4.12. The van der Waals surface area contributed by atoms with Gasteiger partial charge in [0.15, 0.2) is 11.9 Å². The number of fused-ring (bicyclic) bond motifs is 1. The first kappa shape index (κ1) is 14.4. The molecule has 0 bridgehead atoms. The predicted molar refractivity (Wildman–Crippen MR) is 76.8 cm³/mol. The van der Waals surface area contributed by atoms with Gasteiger partial charge in [0.1, 0.15) is 5.75 Å². The molecule has 0 radical (unpaired) electrons. The van der Waals surface area contributed by atoms with Gasteiger partial charge in [-0.25, -0.2) is 0 Å². The minimum atomic E-state index is -0.784. The summed E-state index contributed by atoms with van der Waals surface area (Å²) in [5, 5.41) is 3.36. The normalized spacial score (nSPS) is 24.9. The molecule has 112 valence electrons. The van der Waals surface area contributed by atoms with Gasteiger partial charge in [0.2, 0.25) is 0 Å². The highest BCUT2D eigenvalue weighted by atomic mass is 35.5. The Labute approximate surface area is 127 Å². The third-order valence-electron chi connectivity index (χ3n) is 3.68. The first-order valence-corrected chi connectivity index (χ1v) is 7.39. The number of nitrogens with one attached hydrogen (secondary N) is 1. The zero-order valence-electron chi connectivity index (χ0n) is 11.4. The molecule has 1 aromatic rings. The number of halogens is 1. The van der Waals surface area contributed by atoms with Crippen LogP contribution in [0.4, 0.5) is 0 Å². The van der Waals surface area contributed by atoms with Crippen molar-refractivity contribution < 1.29 is 19.1 Å². The molecule has 6 heteroatoms. The van der Waals surface area contributed by atoms with Crippen LogP contribution in [0.1, 0.15) is 29.6 Å². The SMILES string of the molecule is O=C1CC(C(=O)N[C@@H]2CCCOC2)Oc2ccc(Cl)cc21. The summed E-state index contributed by atoms with van der Waals surface area (Å²) in [4.78, 5) is 24.3. The first-order valence-electron chi connectivity index (χ1n) is 7.01. The first-order chi connectivity index (χ1) is 10.1. The standard InChI is InChI=1S/C15H16ClNO4/c16-9-3-4-13-11(6-9)12(18)7-14(21-13)15(19)17-10-2-1-5-20-8-10/h3-4,6,10,14H,1-2,5,7-8H2,(H,17,19)/t10-,14?/m1/s1. The van der Waals surface area contributed by atoms with Crippen LogP contribution in [0.25, 0.3) is 0 Å². The average molecular weight is 310 g/mol. The monoisotopic (exact) mass is 309 g/mol. The molecular formula is C15H16ClNO4. The van der Waals surface area contributed by atoms with E-state index in [2.05, 4.69) is 5.32 Å². The van der Waals surface area contributed by atoms with Crippen LogP contribution in [0.15, 0.2) is 18.2 Å². The molecule has 0 aliphatic carbocycles. The molecular weight excluding hydrogens is 294 g/mol. The van der Waals surface area contributed by atoms with Crippen LogP contribution in [0.5, 0.6) is 5.75 Å². The average Bonchev–Trinajstić information content (AvgIpc) is 2.49. The summed E-state index contributed by atoms with van der Waals surface area (Å²) in [7, 11) is 0. The molecule has 21 heavy (non-hydrogen) atoms. The number of ether oxygens (including phenoxy) is 2. The lowest BCUT2D eigenvalue weighted by Gasteiger charge is -2.28. The fourth-order valence-electron chi connectivity index (χ4n) is 2.59. The second-order valence-corrected chi connectivity index (χ2v) is 5.73. The number of rotatable bonds is 2. The van der Waals surface area contributed by atoms with Gasteiger partial charge in [0, 0.05) is 11.6 Å². The number of benzene rings is 1. The fourth-order valence-corrected chi connectivity index (χ4v) is 2.76. The van der Waals surface area contributed by atoms with Crippen molar-refractivity contribution in [3.63, 3.8) is 0 Å². The van der Waals surface area contributed by atoms with Crippen molar-refractivity contribution in [3.8, 4) is 5.75 Å². The van der Waals surface area contributed by atoms with E-state index < -0.39 is 6.10 Å². The van der Waals surface area contributed by atoms with E-state index in [1.54, 1.807) is 18.2 Å². The molecule has 2 aliphatic rings. The van der Waals surface area contributed by atoms with Gasteiger partial charge in [-0.15, -0.1) is 0 Å².